The molecule has 0 bridgehead atoms. The largest absolute Gasteiger partial charge is 0.319 e. The highest BCUT2D eigenvalue weighted by molar-refractivity contribution is 9.10. The van der Waals surface area contributed by atoms with E-state index in [1.165, 1.54) is 12.1 Å². The number of pyridine rings is 1. The van der Waals surface area contributed by atoms with E-state index < -0.39 is 17.7 Å². The number of halogens is 3. The summed E-state index contributed by atoms with van der Waals surface area (Å²) in [5, 5.41) is 0. The molecule has 0 radical (unpaired) electrons. The zero-order valence-corrected chi connectivity index (χ0v) is 10.3. The molecule has 1 heterocycles. The summed E-state index contributed by atoms with van der Waals surface area (Å²) in [6.45, 7) is 0. The lowest BCUT2D eigenvalue weighted by Gasteiger charge is -2.13. The van der Waals surface area contributed by atoms with Crippen LogP contribution in [0.3, 0.4) is 0 Å². The molecule has 2 rings (SSSR count). The summed E-state index contributed by atoms with van der Waals surface area (Å²) in [4.78, 5) is 4.10. The molecule has 0 aliphatic heterocycles. The fourth-order valence-corrected chi connectivity index (χ4v) is 2.04. The smallest absolute Gasteiger partial charge is 0.126 e. The predicted octanol–water partition coefficient (Wildman–Crippen LogP) is 3.17. The van der Waals surface area contributed by atoms with E-state index in [0.717, 1.165) is 6.07 Å². The third-order valence-electron chi connectivity index (χ3n) is 2.33. The van der Waals surface area contributed by atoms with Crippen LogP contribution in [0, 0.1) is 11.6 Å². The van der Waals surface area contributed by atoms with E-state index in [1.807, 2.05) is 0 Å². The van der Waals surface area contributed by atoms with Gasteiger partial charge in [0.1, 0.15) is 11.6 Å². The highest BCUT2D eigenvalue weighted by Gasteiger charge is 2.15. The Morgan fingerprint density at radius 1 is 1.18 bits per heavy atom. The molecule has 1 atom stereocenters. The highest BCUT2D eigenvalue weighted by atomic mass is 79.9. The van der Waals surface area contributed by atoms with Crippen LogP contribution >= 0.6 is 15.9 Å². The number of nitrogens with zero attached hydrogens (tertiary/aromatic N) is 1. The average Bonchev–Trinajstić information content (AvgIpc) is 2.27. The maximum absolute atomic E-state index is 13.1. The SMILES string of the molecule is NC(c1cc(F)cc(F)c1)c1ncccc1Br. The molecule has 17 heavy (non-hydrogen) atoms. The second-order valence-electron chi connectivity index (χ2n) is 3.55. The lowest BCUT2D eigenvalue weighted by Crippen LogP contribution is -2.14. The zero-order chi connectivity index (χ0) is 12.4. The quantitative estimate of drug-likeness (QED) is 0.925. The van der Waals surface area contributed by atoms with Crippen molar-refractivity contribution < 1.29 is 8.78 Å². The topological polar surface area (TPSA) is 38.9 Å². The molecule has 2 aromatic rings. The van der Waals surface area contributed by atoms with Gasteiger partial charge in [-0.25, -0.2) is 8.78 Å². The first-order valence-electron chi connectivity index (χ1n) is 4.90. The molecule has 0 fully saturated rings. The number of aromatic nitrogens is 1. The second kappa shape index (κ2) is 4.89. The normalized spacial score (nSPS) is 12.5. The van der Waals surface area contributed by atoms with Crippen LogP contribution in [-0.2, 0) is 0 Å². The molecule has 5 heteroatoms. The van der Waals surface area contributed by atoms with Crippen LogP contribution in [0.4, 0.5) is 8.78 Å². The van der Waals surface area contributed by atoms with Gasteiger partial charge < -0.3 is 5.73 Å². The lowest BCUT2D eigenvalue weighted by atomic mass is 10.0. The van der Waals surface area contributed by atoms with Crippen molar-refractivity contribution in [2.75, 3.05) is 0 Å². The molecule has 1 aromatic heterocycles. The van der Waals surface area contributed by atoms with Crippen LogP contribution in [-0.4, -0.2) is 4.98 Å². The van der Waals surface area contributed by atoms with Crippen molar-refractivity contribution in [3.05, 3.63) is 63.9 Å². The van der Waals surface area contributed by atoms with E-state index in [4.69, 9.17) is 5.73 Å². The Labute approximate surface area is 106 Å². The van der Waals surface area contributed by atoms with E-state index in [1.54, 1.807) is 18.3 Å². The minimum atomic E-state index is -0.671. The fourth-order valence-electron chi connectivity index (χ4n) is 1.54. The van der Waals surface area contributed by atoms with Crippen molar-refractivity contribution in [3.63, 3.8) is 0 Å². The second-order valence-corrected chi connectivity index (χ2v) is 4.41. The fraction of sp³-hybridized carbons (Fsp3) is 0.0833. The van der Waals surface area contributed by atoms with Crippen LogP contribution in [0.1, 0.15) is 17.3 Å². The molecule has 0 spiro atoms. The summed E-state index contributed by atoms with van der Waals surface area (Å²) in [5.74, 6) is -1.30. The van der Waals surface area contributed by atoms with Crippen LogP contribution in [0.25, 0.3) is 0 Å². The molecule has 2 N–H and O–H groups in total. The minimum Gasteiger partial charge on any atom is -0.319 e. The standard InChI is InChI=1S/C12H9BrF2N2/c13-10-2-1-3-17-12(10)11(16)7-4-8(14)6-9(15)5-7/h1-6,11H,16H2. The Morgan fingerprint density at radius 2 is 1.82 bits per heavy atom. The monoisotopic (exact) mass is 298 g/mol. The van der Waals surface area contributed by atoms with Gasteiger partial charge in [-0.2, -0.15) is 0 Å². The third kappa shape index (κ3) is 2.68. The molecule has 0 amide bonds. The van der Waals surface area contributed by atoms with E-state index in [-0.39, 0.29) is 0 Å². The first kappa shape index (κ1) is 12.1. The maximum atomic E-state index is 13.1. The average molecular weight is 299 g/mol. The summed E-state index contributed by atoms with van der Waals surface area (Å²) in [7, 11) is 0. The molecule has 1 aromatic carbocycles. The Hall–Kier alpha value is -1.33. The lowest BCUT2D eigenvalue weighted by molar-refractivity contribution is 0.577. The van der Waals surface area contributed by atoms with Crippen molar-refractivity contribution in [1.82, 2.24) is 4.98 Å². The van der Waals surface area contributed by atoms with E-state index in [9.17, 15) is 8.78 Å². The van der Waals surface area contributed by atoms with E-state index in [2.05, 4.69) is 20.9 Å². The Morgan fingerprint density at radius 3 is 2.41 bits per heavy atom. The number of rotatable bonds is 2. The summed E-state index contributed by atoms with van der Waals surface area (Å²) in [5.41, 5.74) is 6.82. The zero-order valence-electron chi connectivity index (χ0n) is 8.70. The molecule has 2 nitrogen and oxygen atoms in total. The van der Waals surface area contributed by atoms with Gasteiger partial charge in [0.15, 0.2) is 0 Å². The predicted molar refractivity (Wildman–Crippen MR) is 64.3 cm³/mol. The van der Waals surface area contributed by atoms with Gasteiger partial charge >= 0.3 is 0 Å². The molecule has 0 aliphatic rings. The summed E-state index contributed by atoms with van der Waals surface area (Å²) >= 11 is 3.30. The first-order valence-corrected chi connectivity index (χ1v) is 5.69. The molecular weight excluding hydrogens is 290 g/mol. The summed E-state index contributed by atoms with van der Waals surface area (Å²) < 4.78 is 26.9. The van der Waals surface area contributed by atoms with Crippen LogP contribution in [0.5, 0.6) is 0 Å². The summed E-state index contributed by atoms with van der Waals surface area (Å²) in [6, 6.07) is 6.06. The van der Waals surface area contributed by atoms with Crippen molar-refractivity contribution >= 4 is 15.9 Å². The number of benzene rings is 1. The highest BCUT2D eigenvalue weighted by Crippen LogP contribution is 2.25. The van der Waals surface area contributed by atoms with Gasteiger partial charge in [0.05, 0.1) is 11.7 Å². The van der Waals surface area contributed by atoms with Gasteiger partial charge in [0.2, 0.25) is 0 Å². The maximum Gasteiger partial charge on any atom is 0.126 e. The van der Waals surface area contributed by atoms with Gasteiger partial charge in [-0.05, 0) is 45.8 Å². The Kier molecular flexibility index (Phi) is 3.49. The molecule has 88 valence electrons. The van der Waals surface area contributed by atoms with Crippen molar-refractivity contribution in [3.8, 4) is 0 Å². The van der Waals surface area contributed by atoms with Crippen molar-refractivity contribution in [2.24, 2.45) is 5.73 Å². The minimum absolute atomic E-state index is 0.349. The van der Waals surface area contributed by atoms with Crippen LogP contribution in [0.15, 0.2) is 41.0 Å². The number of nitrogens with two attached hydrogens (primary N) is 1. The van der Waals surface area contributed by atoms with E-state index in [0.29, 0.717) is 15.7 Å². The molecule has 0 aliphatic carbocycles. The Balaban J connectivity index is 2.43. The van der Waals surface area contributed by atoms with Crippen LogP contribution < -0.4 is 5.73 Å². The first-order chi connectivity index (χ1) is 8.08. The molecule has 1 unspecified atom stereocenters. The van der Waals surface area contributed by atoms with Crippen molar-refractivity contribution in [1.29, 1.82) is 0 Å². The Bertz CT molecular complexity index is 526. The van der Waals surface area contributed by atoms with E-state index >= 15 is 0 Å². The number of hydrogen-bond acceptors (Lipinski definition) is 2. The third-order valence-corrected chi connectivity index (χ3v) is 3.00. The number of hydrogen-bond donors (Lipinski definition) is 1. The van der Waals surface area contributed by atoms with Crippen molar-refractivity contribution in [2.45, 2.75) is 6.04 Å². The van der Waals surface area contributed by atoms with Gasteiger partial charge in [-0.1, -0.05) is 0 Å². The van der Waals surface area contributed by atoms with Crippen LogP contribution in [0.2, 0.25) is 0 Å². The van der Waals surface area contributed by atoms with Gasteiger partial charge in [0.25, 0.3) is 0 Å². The molecular formula is C12H9BrF2N2. The molecule has 0 saturated carbocycles. The van der Waals surface area contributed by atoms with Gasteiger partial charge in [-0.3, -0.25) is 4.98 Å². The van der Waals surface area contributed by atoms with Gasteiger partial charge in [-0.15, -0.1) is 0 Å². The summed E-state index contributed by atoms with van der Waals surface area (Å²) in [6.07, 6.45) is 1.58. The molecule has 0 saturated heterocycles. The van der Waals surface area contributed by atoms with Gasteiger partial charge in [0, 0.05) is 16.7 Å².